The third-order valence-corrected chi connectivity index (χ3v) is 3.42. The van der Waals surface area contributed by atoms with E-state index >= 15 is 0 Å². The molecule has 0 bridgehead atoms. The highest BCUT2D eigenvalue weighted by atomic mass is 16.2. The Kier molecular flexibility index (Phi) is 3.93. The Bertz CT molecular complexity index is 461. The number of carbonyl (C=O) groups excluding carboxylic acids is 1. The summed E-state index contributed by atoms with van der Waals surface area (Å²) in [6.45, 7) is 3.85. The van der Waals surface area contributed by atoms with Crippen molar-refractivity contribution < 1.29 is 4.79 Å². The molecule has 1 atom stereocenters. The van der Waals surface area contributed by atoms with Crippen LogP contribution in [0.5, 0.6) is 0 Å². The molecule has 1 aromatic rings. The third kappa shape index (κ3) is 2.86. The standard InChI is InChI=1S/C14H17N3O/c1-11-3-2-7-17(8-6-11)14(18)13-5-4-12(9-15)10-16-13/h4-5,10-11H,2-3,6-8H2,1H3. The van der Waals surface area contributed by atoms with Crippen LogP contribution < -0.4 is 0 Å². The first-order chi connectivity index (χ1) is 8.70. The average molecular weight is 243 g/mol. The molecule has 0 saturated carbocycles. The maximum Gasteiger partial charge on any atom is 0.272 e. The van der Waals surface area contributed by atoms with Crippen molar-refractivity contribution in [3.05, 3.63) is 29.6 Å². The fourth-order valence-electron chi connectivity index (χ4n) is 2.21. The smallest absolute Gasteiger partial charge is 0.272 e. The fourth-order valence-corrected chi connectivity index (χ4v) is 2.21. The van der Waals surface area contributed by atoms with Crippen molar-refractivity contribution in [2.24, 2.45) is 5.92 Å². The van der Waals surface area contributed by atoms with Gasteiger partial charge in [-0.05, 0) is 37.3 Å². The first-order valence-corrected chi connectivity index (χ1v) is 6.36. The van der Waals surface area contributed by atoms with Crippen molar-refractivity contribution in [2.75, 3.05) is 13.1 Å². The van der Waals surface area contributed by atoms with Crippen LogP contribution in [0.2, 0.25) is 0 Å². The summed E-state index contributed by atoms with van der Waals surface area (Å²) in [6.07, 6.45) is 4.75. The van der Waals surface area contributed by atoms with E-state index in [1.165, 1.54) is 12.6 Å². The van der Waals surface area contributed by atoms with Crippen molar-refractivity contribution in [1.29, 1.82) is 5.26 Å². The van der Waals surface area contributed by atoms with Crippen LogP contribution in [0.3, 0.4) is 0 Å². The molecule has 0 radical (unpaired) electrons. The number of hydrogen-bond donors (Lipinski definition) is 0. The topological polar surface area (TPSA) is 57.0 Å². The maximum absolute atomic E-state index is 12.2. The van der Waals surface area contributed by atoms with Crippen molar-refractivity contribution in [2.45, 2.75) is 26.2 Å². The van der Waals surface area contributed by atoms with Gasteiger partial charge in [0.05, 0.1) is 5.56 Å². The Morgan fingerprint density at radius 2 is 2.28 bits per heavy atom. The molecule has 1 aliphatic rings. The first kappa shape index (κ1) is 12.6. The van der Waals surface area contributed by atoms with Gasteiger partial charge in [-0.3, -0.25) is 4.79 Å². The van der Waals surface area contributed by atoms with E-state index in [0.717, 1.165) is 25.9 Å². The number of pyridine rings is 1. The second kappa shape index (κ2) is 5.63. The third-order valence-electron chi connectivity index (χ3n) is 3.42. The van der Waals surface area contributed by atoms with E-state index in [0.29, 0.717) is 17.2 Å². The first-order valence-electron chi connectivity index (χ1n) is 6.36. The van der Waals surface area contributed by atoms with E-state index in [1.54, 1.807) is 12.1 Å². The normalized spacial score (nSPS) is 20.0. The largest absolute Gasteiger partial charge is 0.337 e. The zero-order valence-electron chi connectivity index (χ0n) is 10.6. The molecular weight excluding hydrogens is 226 g/mol. The molecule has 1 aromatic heterocycles. The number of nitriles is 1. The van der Waals surface area contributed by atoms with Gasteiger partial charge in [0.1, 0.15) is 11.8 Å². The van der Waals surface area contributed by atoms with Gasteiger partial charge < -0.3 is 4.90 Å². The number of hydrogen-bond acceptors (Lipinski definition) is 3. The Morgan fingerprint density at radius 3 is 2.94 bits per heavy atom. The van der Waals surface area contributed by atoms with Crippen LogP contribution >= 0.6 is 0 Å². The van der Waals surface area contributed by atoms with E-state index < -0.39 is 0 Å². The number of likely N-dealkylation sites (tertiary alicyclic amines) is 1. The zero-order valence-corrected chi connectivity index (χ0v) is 10.6. The summed E-state index contributed by atoms with van der Waals surface area (Å²) in [4.78, 5) is 18.2. The highest BCUT2D eigenvalue weighted by Gasteiger charge is 2.20. The van der Waals surface area contributed by atoms with Gasteiger partial charge in [-0.15, -0.1) is 0 Å². The average Bonchev–Trinajstić information content (AvgIpc) is 2.63. The van der Waals surface area contributed by atoms with Gasteiger partial charge >= 0.3 is 0 Å². The lowest BCUT2D eigenvalue weighted by Crippen LogP contribution is -2.32. The number of amides is 1. The second-order valence-corrected chi connectivity index (χ2v) is 4.87. The maximum atomic E-state index is 12.2. The zero-order chi connectivity index (χ0) is 13.0. The van der Waals surface area contributed by atoms with Gasteiger partial charge in [0.2, 0.25) is 0 Å². The molecule has 1 amide bonds. The number of nitrogens with zero attached hydrogens (tertiary/aromatic N) is 3. The minimum absolute atomic E-state index is 0.0198. The predicted octanol–water partition coefficient (Wildman–Crippen LogP) is 2.22. The quantitative estimate of drug-likeness (QED) is 0.760. The van der Waals surface area contributed by atoms with Crippen LogP contribution in [0, 0.1) is 17.2 Å². The van der Waals surface area contributed by atoms with Gasteiger partial charge in [0, 0.05) is 19.3 Å². The molecule has 1 unspecified atom stereocenters. The molecule has 4 heteroatoms. The molecule has 1 saturated heterocycles. The predicted molar refractivity (Wildman–Crippen MR) is 67.9 cm³/mol. The highest BCUT2D eigenvalue weighted by Crippen LogP contribution is 2.17. The van der Waals surface area contributed by atoms with Gasteiger partial charge in [-0.2, -0.15) is 5.26 Å². The Balaban J connectivity index is 2.08. The Labute approximate surface area is 107 Å². The molecule has 4 nitrogen and oxygen atoms in total. The SMILES string of the molecule is CC1CCCN(C(=O)c2ccc(C#N)cn2)CC1. The summed E-state index contributed by atoms with van der Waals surface area (Å²) in [6, 6.07) is 5.27. The molecule has 18 heavy (non-hydrogen) atoms. The van der Waals surface area contributed by atoms with Gasteiger partial charge in [0.25, 0.3) is 5.91 Å². The molecule has 1 aliphatic heterocycles. The van der Waals surface area contributed by atoms with Crippen LogP contribution in [0.15, 0.2) is 18.3 Å². The fraction of sp³-hybridized carbons (Fsp3) is 0.500. The van der Waals surface area contributed by atoms with E-state index in [1.807, 2.05) is 11.0 Å². The summed E-state index contributed by atoms with van der Waals surface area (Å²) >= 11 is 0. The summed E-state index contributed by atoms with van der Waals surface area (Å²) < 4.78 is 0. The summed E-state index contributed by atoms with van der Waals surface area (Å²) in [7, 11) is 0. The molecule has 0 aliphatic carbocycles. The van der Waals surface area contributed by atoms with Gasteiger partial charge in [-0.1, -0.05) is 6.92 Å². The van der Waals surface area contributed by atoms with Crippen LogP contribution in [-0.2, 0) is 0 Å². The van der Waals surface area contributed by atoms with Crippen LogP contribution in [0.25, 0.3) is 0 Å². The summed E-state index contributed by atoms with van der Waals surface area (Å²) in [5.74, 6) is 0.672. The summed E-state index contributed by atoms with van der Waals surface area (Å²) in [5, 5.41) is 8.70. The Morgan fingerprint density at radius 1 is 1.44 bits per heavy atom. The van der Waals surface area contributed by atoms with E-state index in [9.17, 15) is 4.79 Å². The summed E-state index contributed by atoms with van der Waals surface area (Å²) in [5.41, 5.74) is 0.916. The van der Waals surface area contributed by atoms with Crippen molar-refractivity contribution in [3.8, 4) is 6.07 Å². The van der Waals surface area contributed by atoms with Gasteiger partial charge in [-0.25, -0.2) is 4.98 Å². The number of aromatic nitrogens is 1. The lowest BCUT2D eigenvalue weighted by molar-refractivity contribution is 0.0754. The van der Waals surface area contributed by atoms with Crippen LogP contribution in [0.1, 0.15) is 42.2 Å². The monoisotopic (exact) mass is 243 g/mol. The minimum atomic E-state index is -0.0198. The molecule has 94 valence electrons. The van der Waals surface area contributed by atoms with Gasteiger partial charge in [0.15, 0.2) is 0 Å². The lowest BCUT2D eigenvalue weighted by Gasteiger charge is -2.19. The van der Waals surface area contributed by atoms with Crippen molar-refractivity contribution in [1.82, 2.24) is 9.88 Å². The second-order valence-electron chi connectivity index (χ2n) is 4.87. The minimum Gasteiger partial charge on any atom is -0.337 e. The molecule has 2 heterocycles. The highest BCUT2D eigenvalue weighted by molar-refractivity contribution is 5.92. The van der Waals surface area contributed by atoms with Crippen molar-refractivity contribution >= 4 is 5.91 Å². The van der Waals surface area contributed by atoms with E-state index in [-0.39, 0.29) is 5.91 Å². The molecule has 0 spiro atoms. The number of rotatable bonds is 1. The van der Waals surface area contributed by atoms with E-state index in [2.05, 4.69) is 11.9 Å². The van der Waals surface area contributed by atoms with Crippen LogP contribution in [0.4, 0.5) is 0 Å². The number of carbonyl (C=O) groups is 1. The molecular formula is C14H17N3O. The molecule has 2 rings (SSSR count). The molecule has 1 fully saturated rings. The van der Waals surface area contributed by atoms with Crippen molar-refractivity contribution in [3.63, 3.8) is 0 Å². The van der Waals surface area contributed by atoms with Crippen LogP contribution in [-0.4, -0.2) is 28.9 Å². The van der Waals surface area contributed by atoms with E-state index in [4.69, 9.17) is 5.26 Å². The molecule has 0 aromatic carbocycles. The molecule has 0 N–H and O–H groups in total. The lowest BCUT2D eigenvalue weighted by atomic mass is 10.0. The Hall–Kier alpha value is -1.89.